The molecule has 0 saturated carbocycles. The smallest absolute Gasteiger partial charge is 0.326 e. The first-order chi connectivity index (χ1) is 9.13. The SMILES string of the molecule is CCC(NC(=O)CC/C=C/c1ccccc1)C(=O)O. The number of amides is 1. The summed E-state index contributed by atoms with van der Waals surface area (Å²) in [6, 6.07) is 9.02. The molecule has 0 bridgehead atoms. The van der Waals surface area contributed by atoms with E-state index in [2.05, 4.69) is 5.32 Å². The minimum atomic E-state index is -0.990. The van der Waals surface area contributed by atoms with Crippen LogP contribution in [0.15, 0.2) is 36.4 Å². The summed E-state index contributed by atoms with van der Waals surface area (Å²) < 4.78 is 0. The number of rotatable bonds is 7. The van der Waals surface area contributed by atoms with Gasteiger partial charge < -0.3 is 10.4 Å². The van der Waals surface area contributed by atoms with E-state index < -0.39 is 12.0 Å². The largest absolute Gasteiger partial charge is 0.480 e. The molecule has 0 spiro atoms. The maximum atomic E-state index is 11.5. The van der Waals surface area contributed by atoms with Crippen LogP contribution in [0.4, 0.5) is 0 Å². The van der Waals surface area contributed by atoms with Crippen molar-refractivity contribution in [2.75, 3.05) is 0 Å². The van der Waals surface area contributed by atoms with Crippen molar-refractivity contribution in [3.05, 3.63) is 42.0 Å². The molecular formula is C15H19NO3. The van der Waals surface area contributed by atoms with E-state index in [1.54, 1.807) is 6.92 Å². The van der Waals surface area contributed by atoms with E-state index in [9.17, 15) is 9.59 Å². The monoisotopic (exact) mass is 261 g/mol. The highest BCUT2D eigenvalue weighted by Gasteiger charge is 2.16. The molecule has 0 aliphatic rings. The van der Waals surface area contributed by atoms with Gasteiger partial charge in [0.1, 0.15) is 6.04 Å². The van der Waals surface area contributed by atoms with Crippen LogP contribution in [-0.2, 0) is 9.59 Å². The highest BCUT2D eigenvalue weighted by atomic mass is 16.4. The summed E-state index contributed by atoms with van der Waals surface area (Å²) >= 11 is 0. The van der Waals surface area contributed by atoms with Crippen LogP contribution < -0.4 is 5.32 Å². The lowest BCUT2D eigenvalue weighted by molar-refractivity contribution is -0.141. The molecule has 0 aliphatic carbocycles. The van der Waals surface area contributed by atoms with Gasteiger partial charge in [0, 0.05) is 6.42 Å². The Morgan fingerprint density at radius 2 is 2.00 bits per heavy atom. The average Bonchev–Trinajstić information content (AvgIpc) is 2.42. The zero-order chi connectivity index (χ0) is 14.1. The molecule has 1 unspecified atom stereocenters. The zero-order valence-electron chi connectivity index (χ0n) is 11.0. The Labute approximate surface area is 113 Å². The van der Waals surface area contributed by atoms with Crippen molar-refractivity contribution < 1.29 is 14.7 Å². The van der Waals surface area contributed by atoms with Gasteiger partial charge >= 0.3 is 5.97 Å². The van der Waals surface area contributed by atoms with Crippen LogP contribution in [0.3, 0.4) is 0 Å². The maximum absolute atomic E-state index is 11.5. The first-order valence-corrected chi connectivity index (χ1v) is 6.37. The summed E-state index contributed by atoms with van der Waals surface area (Å²) in [5, 5.41) is 11.3. The molecular weight excluding hydrogens is 242 g/mol. The van der Waals surface area contributed by atoms with Crippen LogP contribution in [-0.4, -0.2) is 23.0 Å². The van der Waals surface area contributed by atoms with Crippen LogP contribution in [0, 0.1) is 0 Å². The summed E-state index contributed by atoms with van der Waals surface area (Å²) in [6.45, 7) is 1.73. The van der Waals surface area contributed by atoms with Crippen molar-refractivity contribution >= 4 is 18.0 Å². The molecule has 0 aromatic heterocycles. The van der Waals surface area contributed by atoms with Crippen molar-refractivity contribution in [1.29, 1.82) is 0 Å². The van der Waals surface area contributed by atoms with Crippen molar-refractivity contribution in [2.24, 2.45) is 0 Å². The molecule has 1 amide bonds. The first kappa shape index (κ1) is 15.0. The summed E-state index contributed by atoms with van der Waals surface area (Å²) in [5.41, 5.74) is 1.08. The van der Waals surface area contributed by atoms with Gasteiger partial charge in [-0.3, -0.25) is 4.79 Å². The number of hydrogen-bond donors (Lipinski definition) is 2. The Kier molecular flexibility index (Phi) is 6.36. The number of benzene rings is 1. The molecule has 4 heteroatoms. The zero-order valence-corrected chi connectivity index (χ0v) is 11.0. The number of hydrogen-bond acceptors (Lipinski definition) is 2. The molecule has 19 heavy (non-hydrogen) atoms. The van der Waals surface area contributed by atoms with E-state index in [0.29, 0.717) is 19.3 Å². The van der Waals surface area contributed by atoms with Gasteiger partial charge in [-0.2, -0.15) is 0 Å². The third kappa shape index (κ3) is 5.86. The second-order valence-electron chi connectivity index (χ2n) is 4.22. The van der Waals surface area contributed by atoms with Crippen LogP contribution in [0.5, 0.6) is 0 Å². The third-order valence-electron chi connectivity index (χ3n) is 2.69. The molecule has 1 aromatic rings. The molecule has 0 heterocycles. The number of carboxylic acids is 1. The van der Waals surface area contributed by atoms with Crippen LogP contribution >= 0.6 is 0 Å². The molecule has 1 atom stereocenters. The first-order valence-electron chi connectivity index (χ1n) is 6.37. The fourth-order valence-corrected chi connectivity index (χ4v) is 1.60. The molecule has 102 valence electrons. The lowest BCUT2D eigenvalue weighted by Crippen LogP contribution is -2.40. The third-order valence-corrected chi connectivity index (χ3v) is 2.69. The van der Waals surface area contributed by atoms with Crippen molar-refractivity contribution in [2.45, 2.75) is 32.2 Å². The molecule has 1 aromatic carbocycles. The Balaban J connectivity index is 2.31. The Morgan fingerprint density at radius 1 is 1.32 bits per heavy atom. The van der Waals surface area contributed by atoms with E-state index in [4.69, 9.17) is 5.11 Å². The second kappa shape index (κ2) is 8.08. The lowest BCUT2D eigenvalue weighted by atomic mass is 10.1. The predicted octanol–water partition coefficient (Wildman–Crippen LogP) is 2.46. The van der Waals surface area contributed by atoms with Gasteiger partial charge in [-0.25, -0.2) is 4.79 Å². The van der Waals surface area contributed by atoms with E-state index in [-0.39, 0.29) is 5.91 Å². The van der Waals surface area contributed by atoms with Gasteiger partial charge in [-0.1, -0.05) is 49.4 Å². The van der Waals surface area contributed by atoms with Crippen LogP contribution in [0.2, 0.25) is 0 Å². The normalized spacial score (nSPS) is 12.3. The van der Waals surface area contributed by atoms with Crippen molar-refractivity contribution in [1.82, 2.24) is 5.32 Å². The molecule has 0 radical (unpaired) electrons. The van der Waals surface area contributed by atoms with Gasteiger partial charge in [0.2, 0.25) is 5.91 Å². The van der Waals surface area contributed by atoms with E-state index >= 15 is 0 Å². The van der Waals surface area contributed by atoms with E-state index in [0.717, 1.165) is 5.56 Å². The Hall–Kier alpha value is -2.10. The van der Waals surface area contributed by atoms with E-state index in [1.807, 2.05) is 42.5 Å². The number of carbonyl (C=O) groups excluding carboxylic acids is 1. The fraction of sp³-hybridized carbons (Fsp3) is 0.333. The van der Waals surface area contributed by atoms with Gasteiger partial charge in [-0.05, 0) is 18.4 Å². The molecule has 0 fully saturated rings. The predicted molar refractivity (Wildman–Crippen MR) is 74.6 cm³/mol. The highest BCUT2D eigenvalue weighted by molar-refractivity contribution is 5.83. The second-order valence-corrected chi connectivity index (χ2v) is 4.22. The van der Waals surface area contributed by atoms with Gasteiger partial charge in [0.25, 0.3) is 0 Å². The number of carboxylic acid groups (broad SMARTS) is 1. The topological polar surface area (TPSA) is 66.4 Å². The number of nitrogens with one attached hydrogen (secondary N) is 1. The summed E-state index contributed by atoms with van der Waals surface area (Å²) in [6.07, 6.45) is 5.14. The summed E-state index contributed by atoms with van der Waals surface area (Å²) in [4.78, 5) is 22.3. The lowest BCUT2D eigenvalue weighted by Gasteiger charge is -2.11. The van der Waals surface area contributed by atoms with Gasteiger partial charge in [0.05, 0.1) is 0 Å². The number of allylic oxidation sites excluding steroid dienone is 1. The molecule has 1 rings (SSSR count). The number of aliphatic carboxylic acids is 1. The Bertz CT molecular complexity index is 440. The molecule has 0 saturated heterocycles. The highest BCUT2D eigenvalue weighted by Crippen LogP contribution is 2.03. The number of carbonyl (C=O) groups is 2. The average molecular weight is 261 g/mol. The minimum absolute atomic E-state index is 0.230. The van der Waals surface area contributed by atoms with Gasteiger partial charge in [-0.15, -0.1) is 0 Å². The summed E-state index contributed by atoms with van der Waals surface area (Å²) in [7, 11) is 0. The van der Waals surface area contributed by atoms with Crippen LogP contribution in [0.25, 0.3) is 6.08 Å². The standard InChI is InChI=1S/C15H19NO3/c1-2-13(15(18)19)16-14(17)11-7-6-10-12-8-4-3-5-9-12/h3-6,8-10,13H,2,7,11H2,1H3,(H,16,17)(H,18,19)/b10-6+. The molecule has 2 N–H and O–H groups in total. The fourth-order valence-electron chi connectivity index (χ4n) is 1.60. The summed E-state index contributed by atoms with van der Waals surface area (Å²) in [5.74, 6) is -1.22. The quantitative estimate of drug-likeness (QED) is 0.792. The Morgan fingerprint density at radius 3 is 2.58 bits per heavy atom. The van der Waals surface area contributed by atoms with E-state index in [1.165, 1.54) is 0 Å². The van der Waals surface area contributed by atoms with Crippen molar-refractivity contribution in [3.8, 4) is 0 Å². The van der Waals surface area contributed by atoms with Crippen molar-refractivity contribution in [3.63, 3.8) is 0 Å². The molecule has 4 nitrogen and oxygen atoms in total. The molecule has 0 aliphatic heterocycles. The van der Waals surface area contributed by atoms with Gasteiger partial charge in [0.15, 0.2) is 0 Å². The maximum Gasteiger partial charge on any atom is 0.326 e. The minimum Gasteiger partial charge on any atom is -0.480 e. The van der Waals surface area contributed by atoms with Crippen LogP contribution in [0.1, 0.15) is 31.7 Å².